The molecule has 2 aliphatic heterocycles. The summed E-state index contributed by atoms with van der Waals surface area (Å²) in [6.45, 7) is 8.49. The van der Waals surface area contributed by atoms with Gasteiger partial charge in [0.05, 0.1) is 25.3 Å². The monoisotopic (exact) mass is 341 g/mol. The Morgan fingerprint density at radius 1 is 1.20 bits per heavy atom. The predicted molar refractivity (Wildman–Crippen MR) is 100 cm³/mol. The lowest BCUT2D eigenvalue weighted by molar-refractivity contribution is 0.00460. The second-order valence-corrected chi connectivity index (χ2v) is 7.06. The van der Waals surface area contributed by atoms with E-state index in [-0.39, 0.29) is 0 Å². The van der Waals surface area contributed by atoms with Crippen molar-refractivity contribution in [3.05, 3.63) is 35.9 Å². The number of rotatable bonds is 5. The highest BCUT2D eigenvalue weighted by atomic mass is 16.5. The third-order valence-electron chi connectivity index (χ3n) is 5.44. The highest BCUT2D eigenvalue weighted by Gasteiger charge is 2.31. The SMILES string of the molecule is Cc1cc(NC[C@@H]([C@@H]2CCOC2)N2CCOCC2)nc2ccccc12. The lowest BCUT2D eigenvalue weighted by atomic mass is 9.97. The lowest BCUT2D eigenvalue weighted by Gasteiger charge is -2.37. The summed E-state index contributed by atoms with van der Waals surface area (Å²) >= 11 is 0. The van der Waals surface area contributed by atoms with Crippen LogP contribution in [0.1, 0.15) is 12.0 Å². The largest absolute Gasteiger partial charge is 0.381 e. The number of aryl methyl sites for hydroxylation is 1. The van der Waals surface area contributed by atoms with Gasteiger partial charge in [-0.15, -0.1) is 0 Å². The topological polar surface area (TPSA) is 46.6 Å². The van der Waals surface area contributed by atoms with Gasteiger partial charge < -0.3 is 14.8 Å². The maximum absolute atomic E-state index is 5.66. The lowest BCUT2D eigenvalue weighted by Crippen LogP contribution is -2.50. The van der Waals surface area contributed by atoms with E-state index in [0.29, 0.717) is 12.0 Å². The molecule has 1 aromatic heterocycles. The molecule has 134 valence electrons. The molecule has 2 fully saturated rings. The summed E-state index contributed by atoms with van der Waals surface area (Å²) in [4.78, 5) is 7.35. The molecule has 2 aromatic rings. The molecule has 0 radical (unpaired) electrons. The zero-order chi connectivity index (χ0) is 17.1. The molecular formula is C20H27N3O2. The van der Waals surface area contributed by atoms with Crippen molar-refractivity contribution in [1.29, 1.82) is 0 Å². The third kappa shape index (κ3) is 3.78. The number of nitrogens with one attached hydrogen (secondary N) is 1. The number of morpholine rings is 1. The van der Waals surface area contributed by atoms with Gasteiger partial charge >= 0.3 is 0 Å². The maximum atomic E-state index is 5.66. The van der Waals surface area contributed by atoms with Gasteiger partial charge in [-0.3, -0.25) is 4.90 Å². The molecule has 5 nitrogen and oxygen atoms in total. The molecule has 0 spiro atoms. The summed E-state index contributed by atoms with van der Waals surface area (Å²) in [6, 6.07) is 11.0. The van der Waals surface area contributed by atoms with Gasteiger partial charge in [0.2, 0.25) is 0 Å². The summed E-state index contributed by atoms with van der Waals surface area (Å²) < 4.78 is 11.2. The van der Waals surface area contributed by atoms with Crippen LogP contribution in [0.25, 0.3) is 10.9 Å². The average Bonchev–Trinajstić information content (AvgIpc) is 3.17. The van der Waals surface area contributed by atoms with Gasteiger partial charge in [-0.1, -0.05) is 18.2 Å². The van der Waals surface area contributed by atoms with E-state index in [1.54, 1.807) is 0 Å². The molecule has 5 heteroatoms. The number of fused-ring (bicyclic) bond motifs is 1. The third-order valence-corrected chi connectivity index (χ3v) is 5.44. The minimum Gasteiger partial charge on any atom is -0.381 e. The summed E-state index contributed by atoms with van der Waals surface area (Å²) in [5, 5.41) is 4.83. The normalized spacial score (nSPS) is 23.0. The summed E-state index contributed by atoms with van der Waals surface area (Å²) in [7, 11) is 0. The van der Waals surface area contributed by atoms with Gasteiger partial charge in [0.15, 0.2) is 0 Å². The quantitative estimate of drug-likeness (QED) is 0.906. The van der Waals surface area contributed by atoms with E-state index in [2.05, 4.69) is 41.4 Å². The van der Waals surface area contributed by atoms with Crippen LogP contribution in [0.3, 0.4) is 0 Å². The van der Waals surface area contributed by atoms with Crippen molar-refractivity contribution in [2.45, 2.75) is 19.4 Å². The van der Waals surface area contributed by atoms with E-state index in [0.717, 1.165) is 63.8 Å². The summed E-state index contributed by atoms with van der Waals surface area (Å²) in [5.74, 6) is 1.56. The number of ether oxygens (including phenoxy) is 2. The van der Waals surface area contributed by atoms with Gasteiger partial charge in [0.25, 0.3) is 0 Å². The zero-order valence-electron chi connectivity index (χ0n) is 14.9. The smallest absolute Gasteiger partial charge is 0.126 e. The van der Waals surface area contributed by atoms with Crippen LogP contribution in [-0.2, 0) is 9.47 Å². The number of hydrogen-bond donors (Lipinski definition) is 1. The molecular weight excluding hydrogens is 314 g/mol. The van der Waals surface area contributed by atoms with Crippen molar-refractivity contribution in [1.82, 2.24) is 9.88 Å². The molecule has 3 heterocycles. The van der Waals surface area contributed by atoms with Crippen molar-refractivity contribution in [3.63, 3.8) is 0 Å². The molecule has 1 N–H and O–H groups in total. The van der Waals surface area contributed by atoms with E-state index < -0.39 is 0 Å². The number of benzene rings is 1. The Morgan fingerprint density at radius 2 is 2.04 bits per heavy atom. The fourth-order valence-electron chi connectivity index (χ4n) is 4.01. The van der Waals surface area contributed by atoms with Crippen LogP contribution >= 0.6 is 0 Å². The first kappa shape index (κ1) is 16.8. The van der Waals surface area contributed by atoms with Crippen molar-refractivity contribution in [3.8, 4) is 0 Å². The van der Waals surface area contributed by atoms with E-state index in [9.17, 15) is 0 Å². The van der Waals surface area contributed by atoms with Crippen LogP contribution in [0.4, 0.5) is 5.82 Å². The summed E-state index contributed by atoms with van der Waals surface area (Å²) in [6.07, 6.45) is 1.15. The first-order chi connectivity index (χ1) is 12.3. The fourth-order valence-corrected chi connectivity index (χ4v) is 4.01. The standard InChI is InChI=1S/C20H27N3O2/c1-15-12-20(22-18-5-3-2-4-17(15)18)21-13-19(16-6-9-25-14-16)23-7-10-24-11-8-23/h2-5,12,16,19H,6-11,13-14H2,1H3,(H,21,22)/t16-,19+/m1/s1. The van der Waals surface area contributed by atoms with E-state index >= 15 is 0 Å². The first-order valence-electron chi connectivity index (χ1n) is 9.31. The second-order valence-electron chi connectivity index (χ2n) is 7.06. The van der Waals surface area contributed by atoms with Crippen LogP contribution < -0.4 is 5.32 Å². The van der Waals surface area contributed by atoms with Gasteiger partial charge in [-0.05, 0) is 31.0 Å². The zero-order valence-corrected chi connectivity index (χ0v) is 14.9. The minimum atomic E-state index is 0.472. The van der Waals surface area contributed by atoms with Crippen molar-refractivity contribution >= 4 is 16.7 Å². The molecule has 1 aromatic carbocycles. The molecule has 0 bridgehead atoms. The fraction of sp³-hybridized carbons (Fsp3) is 0.550. The molecule has 0 saturated carbocycles. The summed E-state index contributed by atoms with van der Waals surface area (Å²) in [5.41, 5.74) is 2.32. The second kappa shape index (κ2) is 7.68. The predicted octanol–water partition coefficient (Wildman–Crippen LogP) is 2.69. The number of anilines is 1. The maximum Gasteiger partial charge on any atom is 0.126 e. The Labute approximate surface area is 149 Å². The highest BCUT2D eigenvalue weighted by molar-refractivity contribution is 5.83. The van der Waals surface area contributed by atoms with Gasteiger partial charge in [-0.25, -0.2) is 4.98 Å². The molecule has 0 amide bonds. The Bertz CT molecular complexity index is 709. The van der Waals surface area contributed by atoms with E-state index in [1.165, 1.54) is 10.9 Å². The molecule has 25 heavy (non-hydrogen) atoms. The minimum absolute atomic E-state index is 0.472. The van der Waals surface area contributed by atoms with Crippen molar-refractivity contribution in [2.24, 2.45) is 5.92 Å². The average molecular weight is 341 g/mol. The van der Waals surface area contributed by atoms with Crippen molar-refractivity contribution < 1.29 is 9.47 Å². The van der Waals surface area contributed by atoms with Gasteiger partial charge in [0.1, 0.15) is 5.82 Å². The molecule has 0 aliphatic carbocycles. The molecule has 2 saturated heterocycles. The Balaban J connectivity index is 1.50. The van der Waals surface area contributed by atoms with Gasteiger partial charge in [0, 0.05) is 43.6 Å². The Hall–Kier alpha value is -1.69. The van der Waals surface area contributed by atoms with E-state index in [1.807, 2.05) is 6.07 Å². The number of para-hydroxylation sites is 1. The highest BCUT2D eigenvalue weighted by Crippen LogP contribution is 2.24. The van der Waals surface area contributed by atoms with Crippen LogP contribution in [0.2, 0.25) is 0 Å². The Morgan fingerprint density at radius 3 is 2.84 bits per heavy atom. The van der Waals surface area contributed by atoms with Crippen LogP contribution in [0.5, 0.6) is 0 Å². The first-order valence-corrected chi connectivity index (χ1v) is 9.31. The molecule has 2 atom stereocenters. The van der Waals surface area contributed by atoms with Crippen LogP contribution in [0, 0.1) is 12.8 Å². The van der Waals surface area contributed by atoms with Crippen molar-refractivity contribution in [2.75, 3.05) is 51.4 Å². The van der Waals surface area contributed by atoms with Gasteiger partial charge in [-0.2, -0.15) is 0 Å². The number of pyridine rings is 1. The Kier molecular flexibility index (Phi) is 5.15. The molecule has 2 aliphatic rings. The number of hydrogen-bond acceptors (Lipinski definition) is 5. The van der Waals surface area contributed by atoms with Crippen LogP contribution in [0.15, 0.2) is 30.3 Å². The molecule has 0 unspecified atom stereocenters. The molecule has 4 rings (SSSR count). The van der Waals surface area contributed by atoms with Crippen LogP contribution in [-0.4, -0.2) is 62.0 Å². The number of aromatic nitrogens is 1. The van der Waals surface area contributed by atoms with E-state index in [4.69, 9.17) is 14.5 Å². The number of nitrogens with zero attached hydrogens (tertiary/aromatic N) is 2.